The van der Waals surface area contributed by atoms with Crippen molar-refractivity contribution in [2.24, 2.45) is 5.41 Å². The van der Waals surface area contributed by atoms with Gasteiger partial charge in [-0.25, -0.2) is 0 Å². The Bertz CT molecular complexity index is 458. The maximum Gasteiger partial charge on any atom is 0.303 e. The first-order valence-corrected chi connectivity index (χ1v) is 8.68. The third-order valence-electron chi connectivity index (χ3n) is 4.27. The van der Waals surface area contributed by atoms with Crippen LogP contribution in [0.15, 0.2) is 9.85 Å². The Hall–Kier alpha value is -0.390. The molecule has 0 aliphatic heterocycles. The molecule has 1 saturated carbocycles. The van der Waals surface area contributed by atoms with Crippen LogP contribution in [0.25, 0.3) is 0 Å². The van der Waals surface area contributed by atoms with Crippen LogP contribution in [0, 0.1) is 12.3 Å². The maximum absolute atomic E-state index is 11.2. The third-order valence-corrected chi connectivity index (χ3v) is 6.51. The largest absolute Gasteiger partial charge is 0.481 e. The van der Waals surface area contributed by atoms with Crippen molar-refractivity contribution >= 4 is 33.2 Å². The minimum Gasteiger partial charge on any atom is -0.481 e. The zero-order chi connectivity index (χ0) is 14.8. The van der Waals surface area contributed by atoms with E-state index in [9.17, 15) is 15.0 Å². The Kier molecular flexibility index (Phi) is 5.26. The molecule has 1 fully saturated rings. The fourth-order valence-electron chi connectivity index (χ4n) is 3.23. The summed E-state index contributed by atoms with van der Waals surface area (Å²) in [6, 6.07) is 2.00. The number of carbonyl (C=O) groups is 1. The number of carboxylic acid groups (broad SMARTS) is 1. The van der Waals surface area contributed by atoms with Crippen molar-refractivity contribution in [3.63, 3.8) is 0 Å². The molecule has 1 heterocycles. The molecule has 0 spiro atoms. The highest BCUT2D eigenvalue weighted by Gasteiger charge is 2.36. The van der Waals surface area contributed by atoms with Crippen molar-refractivity contribution in [1.29, 1.82) is 0 Å². The summed E-state index contributed by atoms with van der Waals surface area (Å²) in [5, 5.41) is 19.7. The van der Waals surface area contributed by atoms with Crippen molar-refractivity contribution in [3.05, 3.63) is 20.3 Å². The minimum atomic E-state index is -0.748. The number of aliphatic carboxylic acids is 1. The van der Waals surface area contributed by atoms with Crippen molar-refractivity contribution in [2.75, 3.05) is 0 Å². The van der Waals surface area contributed by atoms with E-state index in [2.05, 4.69) is 15.9 Å². The number of aliphatic hydroxyl groups is 1. The van der Waals surface area contributed by atoms with Gasteiger partial charge in [0.1, 0.15) is 0 Å². The molecule has 20 heavy (non-hydrogen) atoms. The monoisotopic (exact) mass is 360 g/mol. The van der Waals surface area contributed by atoms with Gasteiger partial charge in [0.15, 0.2) is 0 Å². The number of carboxylic acids is 1. The molecule has 3 nitrogen and oxygen atoms in total. The molecule has 0 amide bonds. The highest BCUT2D eigenvalue weighted by atomic mass is 79.9. The van der Waals surface area contributed by atoms with Gasteiger partial charge in [0, 0.05) is 4.88 Å². The second-order valence-corrected chi connectivity index (χ2v) is 8.36. The van der Waals surface area contributed by atoms with Gasteiger partial charge in [0.2, 0.25) is 0 Å². The molecule has 0 radical (unpaired) electrons. The molecule has 1 aliphatic carbocycles. The van der Waals surface area contributed by atoms with Crippen LogP contribution in [0.3, 0.4) is 0 Å². The molecule has 0 bridgehead atoms. The molecular formula is C15H21BrO3S. The fraction of sp³-hybridized carbons (Fsp3) is 0.667. The number of hydrogen-bond donors (Lipinski definition) is 2. The lowest BCUT2D eigenvalue weighted by Crippen LogP contribution is -2.29. The molecule has 112 valence electrons. The molecule has 1 aliphatic rings. The van der Waals surface area contributed by atoms with Crippen molar-refractivity contribution in [2.45, 2.75) is 58.0 Å². The Morgan fingerprint density at radius 2 is 2.10 bits per heavy atom. The summed E-state index contributed by atoms with van der Waals surface area (Å²) in [5.74, 6) is -0.748. The van der Waals surface area contributed by atoms with Crippen LogP contribution < -0.4 is 0 Å². The molecule has 1 aromatic heterocycles. The van der Waals surface area contributed by atoms with E-state index in [0.717, 1.165) is 39.9 Å². The molecule has 2 N–H and O–H groups in total. The van der Waals surface area contributed by atoms with E-state index in [1.54, 1.807) is 11.3 Å². The van der Waals surface area contributed by atoms with Gasteiger partial charge in [-0.2, -0.15) is 0 Å². The highest BCUT2D eigenvalue weighted by Crippen LogP contribution is 2.47. The lowest BCUT2D eigenvalue weighted by atomic mass is 9.68. The van der Waals surface area contributed by atoms with Crippen LogP contribution in [0.5, 0.6) is 0 Å². The standard InChI is InChI=1S/C15H21BrO3S/c1-10-7-12(20-14(10)16)11(17)8-15(9-13(18)19)5-3-2-4-6-15/h7,11,17H,2-6,8-9H2,1H3,(H,18,19). The molecule has 1 atom stereocenters. The molecular weight excluding hydrogens is 340 g/mol. The topological polar surface area (TPSA) is 57.5 Å². The van der Waals surface area contributed by atoms with Gasteiger partial charge in [0.05, 0.1) is 16.3 Å². The first-order valence-electron chi connectivity index (χ1n) is 7.08. The minimum absolute atomic E-state index is 0.176. The fourth-order valence-corrected chi connectivity index (χ4v) is 4.79. The predicted molar refractivity (Wildman–Crippen MR) is 84.1 cm³/mol. The van der Waals surface area contributed by atoms with Crippen molar-refractivity contribution in [1.82, 2.24) is 0 Å². The number of rotatable bonds is 5. The van der Waals surface area contributed by atoms with Gasteiger partial charge in [-0.3, -0.25) is 4.79 Å². The quantitative estimate of drug-likeness (QED) is 0.801. The normalized spacial score (nSPS) is 19.8. The van der Waals surface area contributed by atoms with Gasteiger partial charge >= 0.3 is 5.97 Å². The number of hydrogen-bond acceptors (Lipinski definition) is 3. The summed E-state index contributed by atoms with van der Waals surface area (Å²) in [6.45, 7) is 2.00. The summed E-state index contributed by atoms with van der Waals surface area (Å²) >= 11 is 5.02. The van der Waals surface area contributed by atoms with Gasteiger partial charge in [-0.05, 0) is 59.2 Å². The Morgan fingerprint density at radius 3 is 2.60 bits per heavy atom. The number of aliphatic hydroxyl groups excluding tert-OH is 1. The lowest BCUT2D eigenvalue weighted by molar-refractivity contribution is -0.141. The SMILES string of the molecule is Cc1cc(C(O)CC2(CC(=O)O)CCCCC2)sc1Br. The van der Waals surface area contributed by atoms with Crippen LogP contribution in [0.4, 0.5) is 0 Å². The van der Waals surface area contributed by atoms with E-state index in [-0.39, 0.29) is 11.8 Å². The van der Waals surface area contributed by atoms with Crippen LogP contribution in [0.2, 0.25) is 0 Å². The Morgan fingerprint density at radius 1 is 1.45 bits per heavy atom. The van der Waals surface area contributed by atoms with Crippen molar-refractivity contribution < 1.29 is 15.0 Å². The second-order valence-electron chi connectivity index (χ2n) is 5.96. The smallest absolute Gasteiger partial charge is 0.303 e. The molecule has 1 aromatic rings. The first-order chi connectivity index (χ1) is 9.42. The molecule has 1 unspecified atom stereocenters. The van der Waals surface area contributed by atoms with E-state index in [1.807, 2.05) is 13.0 Å². The number of thiophene rings is 1. The van der Waals surface area contributed by atoms with Crippen molar-refractivity contribution in [3.8, 4) is 0 Å². The second kappa shape index (κ2) is 6.58. The van der Waals surface area contributed by atoms with Crippen LogP contribution in [-0.4, -0.2) is 16.2 Å². The number of halogens is 1. The van der Waals surface area contributed by atoms with Gasteiger partial charge in [-0.1, -0.05) is 19.3 Å². The van der Waals surface area contributed by atoms with Crippen LogP contribution in [-0.2, 0) is 4.79 Å². The summed E-state index contributed by atoms with van der Waals surface area (Å²) in [4.78, 5) is 12.1. The van der Waals surface area contributed by atoms with Crippen LogP contribution >= 0.6 is 27.3 Å². The van der Waals surface area contributed by atoms with E-state index < -0.39 is 12.1 Å². The highest BCUT2D eigenvalue weighted by molar-refractivity contribution is 9.11. The van der Waals surface area contributed by atoms with E-state index in [1.165, 1.54) is 6.42 Å². The number of aryl methyl sites for hydroxylation is 1. The molecule has 0 saturated heterocycles. The van der Waals surface area contributed by atoms with E-state index in [4.69, 9.17) is 0 Å². The molecule has 5 heteroatoms. The molecule has 0 aromatic carbocycles. The zero-order valence-corrected chi connectivity index (χ0v) is 14.1. The Labute approximate surface area is 132 Å². The Balaban J connectivity index is 2.12. The molecule has 2 rings (SSSR count). The third kappa shape index (κ3) is 3.83. The zero-order valence-electron chi connectivity index (χ0n) is 11.7. The van der Waals surface area contributed by atoms with Gasteiger partial charge < -0.3 is 10.2 Å². The van der Waals surface area contributed by atoms with Gasteiger partial charge in [-0.15, -0.1) is 11.3 Å². The summed E-state index contributed by atoms with van der Waals surface area (Å²) in [6.07, 6.45) is 5.36. The lowest BCUT2D eigenvalue weighted by Gasteiger charge is -2.37. The van der Waals surface area contributed by atoms with E-state index >= 15 is 0 Å². The average molecular weight is 361 g/mol. The van der Waals surface area contributed by atoms with Gasteiger partial charge in [0.25, 0.3) is 0 Å². The van der Waals surface area contributed by atoms with E-state index in [0.29, 0.717) is 6.42 Å². The maximum atomic E-state index is 11.2. The summed E-state index contributed by atoms with van der Waals surface area (Å²) in [7, 11) is 0. The van der Waals surface area contributed by atoms with Crippen LogP contribution in [0.1, 0.15) is 61.5 Å². The summed E-state index contributed by atoms with van der Waals surface area (Å²) < 4.78 is 1.04. The summed E-state index contributed by atoms with van der Waals surface area (Å²) in [5.41, 5.74) is 0.897. The predicted octanol–water partition coefficient (Wildman–Crippen LogP) is 4.67. The first kappa shape index (κ1) is 16.0. The average Bonchev–Trinajstić information content (AvgIpc) is 2.69.